The molecule has 0 N–H and O–H groups in total. The molecule has 1 aliphatic carbocycles. The van der Waals surface area contributed by atoms with E-state index in [4.69, 9.17) is 0 Å². The second kappa shape index (κ2) is 10.8. The predicted octanol–water partition coefficient (Wildman–Crippen LogP) is 4.59. The van der Waals surface area contributed by atoms with Gasteiger partial charge in [0.05, 0.1) is 19.0 Å². The van der Waals surface area contributed by atoms with Crippen molar-refractivity contribution in [3.05, 3.63) is 53.0 Å². The van der Waals surface area contributed by atoms with Crippen LogP contribution in [0.3, 0.4) is 0 Å². The zero-order valence-electron chi connectivity index (χ0n) is 19.9. The van der Waals surface area contributed by atoms with E-state index in [1.54, 1.807) is 6.07 Å². The molecule has 0 bridgehead atoms. The van der Waals surface area contributed by atoms with E-state index in [1.807, 2.05) is 6.07 Å². The van der Waals surface area contributed by atoms with Crippen molar-refractivity contribution in [2.45, 2.75) is 64.0 Å². The zero-order chi connectivity index (χ0) is 25.9. The highest BCUT2D eigenvalue weighted by Gasteiger charge is 2.41. The van der Waals surface area contributed by atoms with Gasteiger partial charge in [-0.15, -0.1) is 0 Å². The maximum atomic E-state index is 15.0. The Balaban J connectivity index is 1.44. The molecule has 2 aliphatic rings. The van der Waals surface area contributed by atoms with Crippen LogP contribution in [0.25, 0.3) is 0 Å². The molecule has 1 atom stereocenters. The van der Waals surface area contributed by atoms with E-state index in [2.05, 4.69) is 14.7 Å². The smallest absolute Gasteiger partial charge is 0.388 e. The van der Waals surface area contributed by atoms with Crippen LogP contribution < -0.4 is 4.74 Å². The molecule has 0 unspecified atom stereocenters. The number of alkyl halides is 4. The summed E-state index contributed by atoms with van der Waals surface area (Å²) in [6, 6.07) is 4.77. The number of Topliss-reactive ketones (excluding diaryl/α,β-unsaturated/α-hetero) is 1. The van der Waals surface area contributed by atoms with Crippen molar-refractivity contribution in [2.24, 2.45) is 0 Å². The van der Waals surface area contributed by atoms with E-state index in [0.29, 0.717) is 11.3 Å². The quantitative estimate of drug-likeness (QED) is 0.439. The minimum Gasteiger partial charge on any atom is -0.417 e. The number of amides is 2. The fraction of sp³-hybridized carbons (Fsp3) is 0.520. The minimum absolute atomic E-state index is 0.0637. The number of rotatable bonds is 10. The summed E-state index contributed by atoms with van der Waals surface area (Å²) in [5, 5.41) is 0. The molecule has 2 amide bonds. The van der Waals surface area contributed by atoms with Gasteiger partial charge in [0.25, 0.3) is 5.92 Å². The molecular formula is C25H28F4N4O3. The van der Waals surface area contributed by atoms with Crippen LogP contribution in [0.5, 0.6) is 5.88 Å². The molecule has 2 aromatic rings. The highest BCUT2D eigenvalue weighted by atomic mass is 19.3. The van der Waals surface area contributed by atoms with E-state index in [-0.39, 0.29) is 31.2 Å². The second-order valence-corrected chi connectivity index (χ2v) is 9.28. The predicted molar refractivity (Wildman–Crippen MR) is 122 cm³/mol. The van der Waals surface area contributed by atoms with Crippen LogP contribution in [0, 0.1) is 0 Å². The SMILES string of the molecule is CC(=O)C[C@@H](c1ccc(OC(F)F)nc1)N1CCN(CC(F)(F)Cc2ccc3c(n2)CCCC3)C1=O. The Labute approximate surface area is 206 Å². The summed E-state index contributed by atoms with van der Waals surface area (Å²) in [4.78, 5) is 35.6. The number of ether oxygens (including phenoxy) is 1. The lowest BCUT2D eigenvalue weighted by molar-refractivity contribution is -0.118. The number of carbonyl (C=O) groups is 2. The van der Waals surface area contributed by atoms with Crippen LogP contribution in [0.2, 0.25) is 0 Å². The molecule has 4 rings (SSSR count). The van der Waals surface area contributed by atoms with Gasteiger partial charge < -0.3 is 14.5 Å². The molecule has 3 heterocycles. The number of pyridine rings is 2. The summed E-state index contributed by atoms with van der Waals surface area (Å²) in [5.41, 5.74) is 2.71. The van der Waals surface area contributed by atoms with Crippen LogP contribution >= 0.6 is 0 Å². The van der Waals surface area contributed by atoms with Crippen LogP contribution in [0.15, 0.2) is 30.5 Å². The number of ketones is 1. The van der Waals surface area contributed by atoms with Crippen molar-refractivity contribution in [3.8, 4) is 5.88 Å². The number of nitrogens with zero attached hydrogens (tertiary/aromatic N) is 4. The van der Waals surface area contributed by atoms with Gasteiger partial charge in [0.15, 0.2) is 0 Å². The third-order valence-corrected chi connectivity index (χ3v) is 6.44. The topological polar surface area (TPSA) is 75.6 Å². The van der Waals surface area contributed by atoms with Crippen molar-refractivity contribution in [1.82, 2.24) is 19.8 Å². The van der Waals surface area contributed by atoms with Gasteiger partial charge in [0.2, 0.25) is 5.88 Å². The van der Waals surface area contributed by atoms with Gasteiger partial charge in [0, 0.05) is 43.2 Å². The van der Waals surface area contributed by atoms with Crippen molar-refractivity contribution in [2.75, 3.05) is 19.6 Å². The molecule has 0 aromatic carbocycles. The third kappa shape index (κ3) is 6.30. The Morgan fingerprint density at radius 2 is 1.92 bits per heavy atom. The zero-order valence-corrected chi connectivity index (χ0v) is 19.9. The van der Waals surface area contributed by atoms with E-state index in [9.17, 15) is 27.2 Å². The highest BCUT2D eigenvalue weighted by molar-refractivity contribution is 5.80. The lowest BCUT2D eigenvalue weighted by Crippen LogP contribution is -2.42. The van der Waals surface area contributed by atoms with Crippen LogP contribution in [0.4, 0.5) is 22.4 Å². The molecule has 0 radical (unpaired) electrons. The number of halogens is 4. The number of urea groups is 1. The average Bonchev–Trinajstić information content (AvgIpc) is 3.16. The molecule has 2 aromatic heterocycles. The Morgan fingerprint density at radius 1 is 1.14 bits per heavy atom. The van der Waals surface area contributed by atoms with Gasteiger partial charge in [0.1, 0.15) is 5.78 Å². The number of aromatic nitrogens is 2. The summed E-state index contributed by atoms with van der Waals surface area (Å²) in [6.45, 7) is -2.25. The summed E-state index contributed by atoms with van der Waals surface area (Å²) >= 11 is 0. The number of fused-ring (bicyclic) bond motifs is 1. The molecule has 1 saturated heterocycles. The maximum Gasteiger partial charge on any atom is 0.388 e. The van der Waals surface area contributed by atoms with Crippen molar-refractivity contribution in [3.63, 3.8) is 0 Å². The number of carbonyl (C=O) groups excluding carboxylic acids is 2. The lowest BCUT2D eigenvalue weighted by Gasteiger charge is -2.29. The van der Waals surface area contributed by atoms with E-state index in [1.165, 1.54) is 30.2 Å². The minimum atomic E-state index is -3.19. The van der Waals surface area contributed by atoms with E-state index in [0.717, 1.165) is 41.8 Å². The van der Waals surface area contributed by atoms with Crippen molar-refractivity contribution >= 4 is 11.8 Å². The van der Waals surface area contributed by atoms with Crippen molar-refractivity contribution < 1.29 is 31.9 Å². The molecule has 194 valence electrons. The van der Waals surface area contributed by atoms with Crippen LogP contribution in [-0.4, -0.2) is 63.8 Å². The molecule has 0 saturated carbocycles. The standard InChI is InChI=1S/C25H28F4N4O3/c1-16(34)12-21(18-7-9-22(30-14-18)36-23(26)27)33-11-10-32(24(33)35)15-25(28,29)13-19-8-6-17-4-2-3-5-20(17)31-19/h6-9,14,21,23H,2-5,10-13,15H2,1H3/t21-/m0/s1. The highest BCUT2D eigenvalue weighted by Crippen LogP contribution is 2.31. The monoisotopic (exact) mass is 508 g/mol. The van der Waals surface area contributed by atoms with Crippen LogP contribution in [-0.2, 0) is 24.1 Å². The van der Waals surface area contributed by atoms with E-state index < -0.39 is 37.6 Å². The average molecular weight is 509 g/mol. The summed E-state index contributed by atoms with van der Waals surface area (Å²) < 4.78 is 59.0. The molecule has 1 aliphatic heterocycles. The first kappa shape index (κ1) is 25.8. The van der Waals surface area contributed by atoms with Gasteiger partial charge >= 0.3 is 12.6 Å². The fourth-order valence-electron chi connectivity index (χ4n) is 4.79. The summed E-state index contributed by atoms with van der Waals surface area (Å²) in [5.74, 6) is -3.71. The molecule has 11 heteroatoms. The largest absolute Gasteiger partial charge is 0.417 e. The van der Waals surface area contributed by atoms with Gasteiger partial charge in [-0.05, 0) is 49.8 Å². The van der Waals surface area contributed by atoms with E-state index >= 15 is 0 Å². The van der Waals surface area contributed by atoms with Crippen LogP contribution in [0.1, 0.15) is 54.7 Å². The third-order valence-electron chi connectivity index (χ3n) is 6.44. The lowest BCUT2D eigenvalue weighted by atomic mass is 9.95. The fourth-order valence-corrected chi connectivity index (χ4v) is 4.79. The molecule has 36 heavy (non-hydrogen) atoms. The Morgan fingerprint density at radius 3 is 2.61 bits per heavy atom. The Kier molecular flexibility index (Phi) is 7.75. The van der Waals surface area contributed by atoms with Gasteiger partial charge in [-0.1, -0.05) is 12.1 Å². The number of hydrogen-bond donors (Lipinski definition) is 0. The molecule has 0 spiro atoms. The summed E-state index contributed by atoms with van der Waals surface area (Å²) in [6.07, 6.45) is 4.38. The number of hydrogen-bond acceptors (Lipinski definition) is 5. The maximum absolute atomic E-state index is 15.0. The Bertz CT molecular complexity index is 1100. The van der Waals surface area contributed by atoms with Gasteiger partial charge in [-0.2, -0.15) is 8.78 Å². The first-order valence-corrected chi connectivity index (χ1v) is 11.9. The van der Waals surface area contributed by atoms with Gasteiger partial charge in [-0.3, -0.25) is 9.78 Å². The van der Waals surface area contributed by atoms with Crippen molar-refractivity contribution in [1.29, 1.82) is 0 Å². The summed E-state index contributed by atoms with van der Waals surface area (Å²) in [7, 11) is 0. The molecule has 1 fully saturated rings. The first-order chi connectivity index (χ1) is 17.1. The van der Waals surface area contributed by atoms with Gasteiger partial charge in [-0.25, -0.2) is 18.6 Å². The first-order valence-electron chi connectivity index (χ1n) is 11.9. The Hall–Kier alpha value is -3.24. The number of aryl methyl sites for hydroxylation is 2. The normalized spacial score (nSPS) is 16.9. The molecular weight excluding hydrogens is 480 g/mol. The second-order valence-electron chi connectivity index (χ2n) is 9.28. The molecule has 7 nitrogen and oxygen atoms in total.